The van der Waals surface area contributed by atoms with Gasteiger partial charge in [0.15, 0.2) is 11.6 Å². The lowest BCUT2D eigenvalue weighted by Crippen LogP contribution is -2.19. The average Bonchev–Trinajstić information content (AvgIpc) is 2.89. The van der Waals surface area contributed by atoms with Crippen molar-refractivity contribution >= 4 is 10.8 Å². The van der Waals surface area contributed by atoms with Gasteiger partial charge in [-0.2, -0.15) is 0 Å². The first-order chi connectivity index (χ1) is 18.6. The summed E-state index contributed by atoms with van der Waals surface area (Å²) < 4.78 is 84.4. The van der Waals surface area contributed by atoms with Crippen molar-refractivity contribution in [1.82, 2.24) is 0 Å². The van der Waals surface area contributed by atoms with E-state index in [1.807, 2.05) is 12.1 Å². The SMILES string of the molecule is CCCCCCCC1CCC(CCc2ccc3c(F)c(-c4cc(F)c(OC(F)(F)F)c(F)c4)ccc3c2)CC1. The zero-order valence-corrected chi connectivity index (χ0v) is 22.4. The molecule has 0 N–H and O–H groups in total. The monoisotopic (exact) mass is 550 g/mol. The van der Waals surface area contributed by atoms with Gasteiger partial charge in [-0.3, -0.25) is 0 Å². The van der Waals surface area contributed by atoms with E-state index in [2.05, 4.69) is 11.7 Å². The van der Waals surface area contributed by atoms with Crippen LogP contribution in [0.5, 0.6) is 5.75 Å². The Balaban J connectivity index is 1.36. The van der Waals surface area contributed by atoms with Crippen LogP contribution in [0.4, 0.5) is 26.3 Å². The minimum absolute atomic E-state index is 0.103. The number of fused-ring (bicyclic) bond motifs is 1. The fourth-order valence-electron chi connectivity index (χ4n) is 5.86. The van der Waals surface area contributed by atoms with Gasteiger partial charge in [0.25, 0.3) is 0 Å². The van der Waals surface area contributed by atoms with Crippen molar-refractivity contribution in [2.45, 2.75) is 90.3 Å². The second kappa shape index (κ2) is 13.1. The molecule has 0 atom stereocenters. The van der Waals surface area contributed by atoms with Crippen LogP contribution < -0.4 is 4.74 Å². The summed E-state index contributed by atoms with van der Waals surface area (Å²) in [6.07, 6.45) is 9.97. The van der Waals surface area contributed by atoms with Crippen molar-refractivity contribution in [2.75, 3.05) is 0 Å². The molecule has 1 saturated carbocycles. The highest BCUT2D eigenvalue weighted by Crippen LogP contribution is 2.37. The molecule has 39 heavy (non-hydrogen) atoms. The van der Waals surface area contributed by atoms with E-state index in [1.165, 1.54) is 70.3 Å². The van der Waals surface area contributed by atoms with Gasteiger partial charge in [-0.1, -0.05) is 101 Å². The molecule has 1 nitrogen and oxygen atoms in total. The van der Waals surface area contributed by atoms with Crippen LogP contribution >= 0.6 is 0 Å². The fraction of sp³-hybridized carbons (Fsp3) is 0.500. The topological polar surface area (TPSA) is 9.23 Å². The molecule has 0 aromatic heterocycles. The van der Waals surface area contributed by atoms with Crippen LogP contribution in [0.25, 0.3) is 21.9 Å². The second-order valence-corrected chi connectivity index (χ2v) is 10.9. The first-order valence-electron chi connectivity index (χ1n) is 14.1. The molecule has 0 amide bonds. The van der Waals surface area contributed by atoms with Gasteiger partial charge in [0.2, 0.25) is 5.75 Å². The molecule has 7 heteroatoms. The van der Waals surface area contributed by atoms with E-state index >= 15 is 4.39 Å². The van der Waals surface area contributed by atoms with Crippen LogP contribution in [0.1, 0.15) is 83.1 Å². The van der Waals surface area contributed by atoms with Gasteiger partial charge in [0.1, 0.15) is 5.82 Å². The van der Waals surface area contributed by atoms with E-state index in [-0.39, 0.29) is 16.5 Å². The zero-order valence-electron chi connectivity index (χ0n) is 22.4. The molecule has 1 aliphatic carbocycles. The first kappa shape index (κ1) is 29.3. The Morgan fingerprint density at radius 1 is 0.769 bits per heavy atom. The van der Waals surface area contributed by atoms with Crippen molar-refractivity contribution < 1.29 is 31.1 Å². The number of hydrogen-bond acceptors (Lipinski definition) is 1. The molecule has 0 saturated heterocycles. The molecule has 0 unspecified atom stereocenters. The quantitative estimate of drug-likeness (QED) is 0.170. The van der Waals surface area contributed by atoms with E-state index in [0.717, 1.165) is 24.3 Å². The third-order valence-electron chi connectivity index (χ3n) is 8.07. The lowest BCUT2D eigenvalue weighted by Gasteiger charge is -2.28. The predicted octanol–water partition coefficient (Wildman–Crippen LogP) is 10.9. The van der Waals surface area contributed by atoms with Gasteiger partial charge in [0, 0.05) is 10.9 Å². The van der Waals surface area contributed by atoms with Gasteiger partial charge >= 0.3 is 6.36 Å². The van der Waals surface area contributed by atoms with Gasteiger partial charge in [-0.15, -0.1) is 13.2 Å². The third kappa shape index (κ3) is 7.92. The number of hydrogen-bond donors (Lipinski definition) is 0. The molecule has 0 heterocycles. The summed E-state index contributed by atoms with van der Waals surface area (Å²) in [5.74, 6) is -3.78. The van der Waals surface area contributed by atoms with Gasteiger partial charge in [-0.05, 0) is 53.3 Å². The van der Waals surface area contributed by atoms with Crippen molar-refractivity contribution in [3.63, 3.8) is 0 Å². The molecule has 3 aromatic carbocycles. The highest BCUT2D eigenvalue weighted by atomic mass is 19.4. The summed E-state index contributed by atoms with van der Waals surface area (Å²) in [6.45, 7) is 2.24. The van der Waals surface area contributed by atoms with E-state index in [0.29, 0.717) is 23.4 Å². The maximum absolute atomic E-state index is 15.3. The molecule has 1 aliphatic rings. The van der Waals surface area contributed by atoms with E-state index in [1.54, 1.807) is 12.1 Å². The minimum atomic E-state index is -5.25. The Bertz CT molecular complexity index is 1220. The largest absolute Gasteiger partial charge is 0.573 e. The van der Waals surface area contributed by atoms with Crippen LogP contribution in [0.3, 0.4) is 0 Å². The molecule has 0 aliphatic heterocycles. The van der Waals surface area contributed by atoms with Crippen LogP contribution in [-0.2, 0) is 6.42 Å². The summed E-state index contributed by atoms with van der Waals surface area (Å²) in [6, 6.07) is 9.81. The Labute approximate surface area is 226 Å². The molecule has 3 aromatic rings. The number of alkyl halides is 3. The number of ether oxygens (including phenoxy) is 1. The lowest BCUT2D eigenvalue weighted by molar-refractivity contribution is -0.276. The molecule has 1 fully saturated rings. The lowest BCUT2D eigenvalue weighted by atomic mass is 9.77. The normalized spacial score (nSPS) is 18.0. The van der Waals surface area contributed by atoms with Crippen molar-refractivity contribution in [2.24, 2.45) is 11.8 Å². The maximum Gasteiger partial charge on any atom is 0.573 e. The van der Waals surface area contributed by atoms with E-state index < -0.39 is 29.6 Å². The van der Waals surface area contributed by atoms with Gasteiger partial charge < -0.3 is 4.74 Å². The number of unbranched alkanes of at least 4 members (excludes halogenated alkanes) is 4. The fourth-order valence-corrected chi connectivity index (χ4v) is 5.86. The van der Waals surface area contributed by atoms with Crippen molar-refractivity contribution in [1.29, 1.82) is 0 Å². The van der Waals surface area contributed by atoms with E-state index in [9.17, 15) is 22.0 Å². The van der Waals surface area contributed by atoms with Gasteiger partial charge in [-0.25, -0.2) is 13.2 Å². The second-order valence-electron chi connectivity index (χ2n) is 10.9. The smallest absolute Gasteiger partial charge is 0.399 e. The minimum Gasteiger partial charge on any atom is -0.399 e. The molecular weight excluding hydrogens is 514 g/mol. The highest BCUT2D eigenvalue weighted by molar-refractivity contribution is 5.88. The molecule has 0 spiro atoms. The van der Waals surface area contributed by atoms with Crippen LogP contribution in [0.15, 0.2) is 42.5 Å². The Morgan fingerprint density at radius 3 is 2.05 bits per heavy atom. The number of rotatable bonds is 11. The molecule has 0 bridgehead atoms. The zero-order chi connectivity index (χ0) is 28.0. The summed E-state index contributed by atoms with van der Waals surface area (Å²) in [5.41, 5.74) is 0.798. The van der Waals surface area contributed by atoms with Crippen molar-refractivity contribution in [3.8, 4) is 16.9 Å². The summed E-state index contributed by atoms with van der Waals surface area (Å²) in [5, 5.41) is 0.950. The summed E-state index contributed by atoms with van der Waals surface area (Å²) >= 11 is 0. The van der Waals surface area contributed by atoms with Gasteiger partial charge in [0.05, 0.1) is 0 Å². The summed E-state index contributed by atoms with van der Waals surface area (Å²) in [4.78, 5) is 0. The van der Waals surface area contributed by atoms with Crippen LogP contribution in [0, 0.1) is 29.3 Å². The van der Waals surface area contributed by atoms with E-state index in [4.69, 9.17) is 0 Å². The summed E-state index contributed by atoms with van der Waals surface area (Å²) in [7, 11) is 0. The number of halogens is 6. The molecule has 212 valence electrons. The molecule has 0 radical (unpaired) electrons. The Kier molecular flexibility index (Phi) is 9.84. The first-order valence-corrected chi connectivity index (χ1v) is 14.1. The average molecular weight is 551 g/mol. The standard InChI is InChI=1S/C32H36F6O/c1-2-3-4-5-6-7-21-8-10-22(11-9-21)12-13-23-14-16-26-24(18-23)15-17-27(30(26)35)25-19-28(33)31(29(34)20-25)39-32(36,37)38/h14-22H,2-13H2,1H3. The number of aryl methyl sites for hydroxylation is 1. The Morgan fingerprint density at radius 2 is 1.41 bits per heavy atom. The molecule has 4 rings (SSSR count). The predicted molar refractivity (Wildman–Crippen MR) is 143 cm³/mol. The third-order valence-corrected chi connectivity index (χ3v) is 8.07. The van der Waals surface area contributed by atoms with Crippen molar-refractivity contribution in [3.05, 3.63) is 65.5 Å². The van der Waals surface area contributed by atoms with Crippen LogP contribution in [-0.4, -0.2) is 6.36 Å². The maximum atomic E-state index is 15.3. The Hall–Kier alpha value is -2.70. The van der Waals surface area contributed by atoms with Crippen LogP contribution in [0.2, 0.25) is 0 Å². The highest BCUT2D eigenvalue weighted by Gasteiger charge is 2.34. The molecular formula is C32H36F6O. The number of benzene rings is 3.